The van der Waals surface area contributed by atoms with Crippen LogP contribution in [0.15, 0.2) is 0 Å². The van der Waals surface area contributed by atoms with Gasteiger partial charge in [-0.2, -0.15) is 5.10 Å². The fraction of sp³-hybridized carbons (Fsp3) is 0.692. The van der Waals surface area contributed by atoms with Gasteiger partial charge in [0.05, 0.1) is 23.9 Å². The second-order valence-corrected chi connectivity index (χ2v) is 5.66. The summed E-state index contributed by atoms with van der Waals surface area (Å²) in [5.41, 5.74) is 1.07. The molecule has 2 rings (SSSR count). The highest BCUT2D eigenvalue weighted by Crippen LogP contribution is 2.19. The molecule has 1 N–H and O–H groups in total. The van der Waals surface area contributed by atoms with Crippen LogP contribution in [0.25, 0.3) is 0 Å². The molecule has 1 aliphatic heterocycles. The third-order valence-electron chi connectivity index (χ3n) is 3.46. The Morgan fingerprint density at radius 2 is 2.30 bits per heavy atom. The van der Waals surface area contributed by atoms with Crippen molar-refractivity contribution >= 4 is 17.5 Å². The van der Waals surface area contributed by atoms with Gasteiger partial charge in [-0.15, -0.1) is 0 Å². The Hall–Kier alpha value is -1.11. The molecule has 1 aliphatic rings. The fourth-order valence-corrected chi connectivity index (χ4v) is 2.62. The van der Waals surface area contributed by atoms with E-state index in [-0.39, 0.29) is 5.91 Å². The largest absolute Gasteiger partial charge is 0.380 e. The molecule has 1 fully saturated rings. The molecule has 7 heteroatoms. The van der Waals surface area contributed by atoms with Crippen LogP contribution in [0.3, 0.4) is 0 Å². The lowest BCUT2D eigenvalue weighted by molar-refractivity contribution is 0.0912. The van der Waals surface area contributed by atoms with Gasteiger partial charge < -0.3 is 15.0 Å². The first-order valence-electron chi connectivity index (χ1n) is 6.72. The molecular formula is C13H21ClN4O2. The van der Waals surface area contributed by atoms with Crippen LogP contribution in [-0.4, -0.2) is 60.5 Å². The zero-order valence-electron chi connectivity index (χ0n) is 12.1. The molecule has 0 aliphatic carbocycles. The van der Waals surface area contributed by atoms with E-state index in [0.717, 1.165) is 19.7 Å². The summed E-state index contributed by atoms with van der Waals surface area (Å²) >= 11 is 6.10. The van der Waals surface area contributed by atoms with E-state index in [0.29, 0.717) is 35.5 Å². The highest BCUT2D eigenvalue weighted by molar-refractivity contribution is 6.34. The van der Waals surface area contributed by atoms with Gasteiger partial charge in [-0.25, -0.2) is 0 Å². The molecule has 112 valence electrons. The molecule has 6 nitrogen and oxygen atoms in total. The molecule has 0 bridgehead atoms. The number of carbonyl (C=O) groups excluding carboxylic acids is 1. The Morgan fingerprint density at radius 3 is 2.95 bits per heavy atom. The Bertz CT molecular complexity index is 489. The summed E-state index contributed by atoms with van der Waals surface area (Å²) in [4.78, 5) is 14.4. The Morgan fingerprint density at radius 1 is 1.55 bits per heavy atom. The lowest BCUT2D eigenvalue weighted by Crippen LogP contribution is -2.36. The van der Waals surface area contributed by atoms with E-state index in [1.54, 1.807) is 14.0 Å². The second-order valence-electron chi connectivity index (χ2n) is 5.28. The standard InChI is InChI=1S/C13H21ClN4O2/c1-9-11(14)12(18(3)16-9)13(19)15-6-10-7-17(2)4-5-20-8-10/h10H,4-8H2,1-3H3,(H,15,19). The first-order valence-corrected chi connectivity index (χ1v) is 7.10. The number of amides is 1. The highest BCUT2D eigenvalue weighted by atomic mass is 35.5. The summed E-state index contributed by atoms with van der Waals surface area (Å²) in [7, 11) is 3.78. The molecule has 1 unspecified atom stereocenters. The van der Waals surface area contributed by atoms with Gasteiger partial charge >= 0.3 is 0 Å². The number of nitrogens with zero attached hydrogens (tertiary/aromatic N) is 3. The zero-order valence-corrected chi connectivity index (χ0v) is 12.9. The Balaban J connectivity index is 1.94. The van der Waals surface area contributed by atoms with Crippen molar-refractivity contribution in [3.05, 3.63) is 16.4 Å². The average molecular weight is 301 g/mol. The van der Waals surface area contributed by atoms with Crippen LogP contribution in [-0.2, 0) is 11.8 Å². The number of carbonyl (C=O) groups is 1. The quantitative estimate of drug-likeness (QED) is 0.892. The van der Waals surface area contributed by atoms with E-state index >= 15 is 0 Å². The topological polar surface area (TPSA) is 59.4 Å². The summed E-state index contributed by atoms with van der Waals surface area (Å²) in [5.74, 6) is 0.101. The number of hydrogen-bond acceptors (Lipinski definition) is 4. The molecule has 0 spiro atoms. The van der Waals surface area contributed by atoms with Gasteiger partial charge in [0.1, 0.15) is 5.69 Å². The number of aryl methyl sites for hydroxylation is 2. The van der Waals surface area contributed by atoms with Gasteiger partial charge in [0, 0.05) is 32.6 Å². The number of nitrogens with one attached hydrogen (secondary N) is 1. The molecule has 1 saturated heterocycles. The van der Waals surface area contributed by atoms with Gasteiger partial charge in [0.2, 0.25) is 0 Å². The zero-order chi connectivity index (χ0) is 14.7. The molecular weight excluding hydrogens is 280 g/mol. The molecule has 20 heavy (non-hydrogen) atoms. The van der Waals surface area contributed by atoms with Crippen molar-refractivity contribution in [1.82, 2.24) is 20.0 Å². The fourth-order valence-electron chi connectivity index (χ4n) is 2.38. The molecule has 0 aromatic carbocycles. The number of aromatic nitrogens is 2. The number of rotatable bonds is 3. The van der Waals surface area contributed by atoms with E-state index in [4.69, 9.17) is 16.3 Å². The van der Waals surface area contributed by atoms with E-state index in [1.807, 2.05) is 0 Å². The maximum absolute atomic E-state index is 12.2. The van der Waals surface area contributed by atoms with Crippen molar-refractivity contribution in [1.29, 1.82) is 0 Å². The van der Waals surface area contributed by atoms with Crippen molar-refractivity contribution in [3.8, 4) is 0 Å². The minimum atomic E-state index is -0.190. The molecule has 2 heterocycles. The van der Waals surface area contributed by atoms with Crippen molar-refractivity contribution < 1.29 is 9.53 Å². The summed E-state index contributed by atoms with van der Waals surface area (Å²) in [6.07, 6.45) is 0. The maximum atomic E-state index is 12.2. The average Bonchev–Trinajstić information content (AvgIpc) is 2.55. The molecule has 0 saturated carbocycles. The number of ether oxygens (including phenoxy) is 1. The second kappa shape index (κ2) is 6.56. The molecule has 1 aromatic heterocycles. The number of likely N-dealkylation sites (N-methyl/N-ethyl adjacent to an activating group) is 1. The van der Waals surface area contributed by atoms with Crippen molar-refractivity contribution in [2.75, 3.05) is 39.9 Å². The van der Waals surface area contributed by atoms with Crippen LogP contribution in [0.2, 0.25) is 5.02 Å². The van der Waals surface area contributed by atoms with Crippen molar-refractivity contribution in [3.63, 3.8) is 0 Å². The van der Waals surface area contributed by atoms with Crippen molar-refractivity contribution in [2.24, 2.45) is 13.0 Å². The molecule has 1 aromatic rings. The minimum absolute atomic E-state index is 0.190. The number of hydrogen-bond donors (Lipinski definition) is 1. The SMILES string of the molecule is Cc1nn(C)c(C(=O)NCC2COCCN(C)C2)c1Cl. The Labute approximate surface area is 124 Å². The third kappa shape index (κ3) is 3.50. The van der Waals surface area contributed by atoms with Gasteiger partial charge in [-0.05, 0) is 14.0 Å². The van der Waals surface area contributed by atoms with Crippen LogP contribution in [0.4, 0.5) is 0 Å². The van der Waals surface area contributed by atoms with Gasteiger partial charge in [0.25, 0.3) is 5.91 Å². The van der Waals surface area contributed by atoms with Crippen LogP contribution >= 0.6 is 11.6 Å². The van der Waals surface area contributed by atoms with E-state index in [2.05, 4.69) is 22.4 Å². The van der Waals surface area contributed by atoms with Crippen LogP contribution < -0.4 is 5.32 Å². The number of halogens is 1. The first-order chi connectivity index (χ1) is 9.49. The van der Waals surface area contributed by atoms with Crippen LogP contribution in [0.5, 0.6) is 0 Å². The minimum Gasteiger partial charge on any atom is -0.380 e. The van der Waals surface area contributed by atoms with Crippen molar-refractivity contribution in [2.45, 2.75) is 6.92 Å². The summed E-state index contributed by atoms with van der Waals surface area (Å²) in [6, 6.07) is 0. The summed E-state index contributed by atoms with van der Waals surface area (Å²) in [6.45, 7) is 5.61. The summed E-state index contributed by atoms with van der Waals surface area (Å²) in [5, 5.41) is 7.48. The normalized spacial score (nSPS) is 20.7. The van der Waals surface area contributed by atoms with E-state index in [1.165, 1.54) is 4.68 Å². The van der Waals surface area contributed by atoms with Gasteiger partial charge in [-0.1, -0.05) is 11.6 Å². The predicted molar refractivity (Wildman–Crippen MR) is 77.1 cm³/mol. The van der Waals surface area contributed by atoms with Crippen LogP contribution in [0, 0.1) is 12.8 Å². The Kier molecular flexibility index (Phi) is 5.01. The maximum Gasteiger partial charge on any atom is 0.271 e. The predicted octanol–water partition coefficient (Wildman–Crippen LogP) is 0.690. The monoisotopic (exact) mass is 300 g/mol. The molecule has 1 amide bonds. The van der Waals surface area contributed by atoms with E-state index < -0.39 is 0 Å². The van der Waals surface area contributed by atoms with Gasteiger partial charge in [0.15, 0.2) is 0 Å². The smallest absolute Gasteiger partial charge is 0.271 e. The summed E-state index contributed by atoms with van der Waals surface area (Å²) < 4.78 is 7.05. The highest BCUT2D eigenvalue weighted by Gasteiger charge is 2.21. The van der Waals surface area contributed by atoms with Gasteiger partial charge in [-0.3, -0.25) is 9.48 Å². The van der Waals surface area contributed by atoms with E-state index in [9.17, 15) is 4.79 Å². The van der Waals surface area contributed by atoms with Crippen LogP contribution in [0.1, 0.15) is 16.2 Å². The lowest BCUT2D eigenvalue weighted by Gasteiger charge is -2.19. The lowest BCUT2D eigenvalue weighted by atomic mass is 10.1. The third-order valence-corrected chi connectivity index (χ3v) is 3.91. The molecule has 1 atom stereocenters. The molecule has 0 radical (unpaired) electrons. The first kappa shape index (κ1) is 15.3.